The van der Waals surface area contributed by atoms with Crippen LogP contribution in [0.4, 0.5) is 16.3 Å². The van der Waals surface area contributed by atoms with Gasteiger partial charge in [-0.25, -0.2) is 0 Å². The van der Waals surface area contributed by atoms with Gasteiger partial charge in [-0.15, -0.1) is 0 Å². The summed E-state index contributed by atoms with van der Waals surface area (Å²) in [6.45, 7) is -0.301. The van der Waals surface area contributed by atoms with Crippen LogP contribution in [0.2, 0.25) is 0 Å². The monoisotopic (exact) mass is 385 g/mol. The Morgan fingerprint density at radius 3 is 2.81 bits per heavy atom. The molecule has 2 aromatic rings. The number of carbonyl (C=O) groups excluding carboxylic acids is 3. The van der Waals surface area contributed by atoms with Crippen LogP contribution in [0, 0.1) is 0 Å². The Balaban J connectivity index is 1.45. The van der Waals surface area contributed by atoms with Gasteiger partial charge in [0, 0.05) is 11.1 Å². The van der Waals surface area contributed by atoms with Crippen molar-refractivity contribution in [3.63, 3.8) is 0 Å². The fraction of sp³-hybridized carbons (Fsp3) is 0.333. The Hall–Kier alpha value is -2.81. The summed E-state index contributed by atoms with van der Waals surface area (Å²) in [6, 6.07) is 5.15. The second-order valence-corrected chi connectivity index (χ2v) is 7.63. The van der Waals surface area contributed by atoms with Crippen LogP contribution in [0.3, 0.4) is 0 Å². The van der Waals surface area contributed by atoms with Gasteiger partial charge in [-0.05, 0) is 55.6 Å². The second-order valence-electron chi connectivity index (χ2n) is 6.67. The SMILES string of the molecule is Nc1n[nH]c2cc(NC(=O)CN3C(=O)SC(=C4CCCCC4)C3=O)ccc12. The summed E-state index contributed by atoms with van der Waals surface area (Å²) in [4.78, 5) is 38.7. The third kappa shape index (κ3) is 3.42. The molecule has 1 saturated heterocycles. The van der Waals surface area contributed by atoms with Crippen molar-refractivity contribution in [1.29, 1.82) is 0 Å². The van der Waals surface area contributed by atoms with Crippen LogP contribution in [0.1, 0.15) is 32.1 Å². The Bertz CT molecular complexity index is 973. The summed E-state index contributed by atoms with van der Waals surface area (Å²) in [5.74, 6) is -0.399. The Morgan fingerprint density at radius 2 is 2.04 bits per heavy atom. The highest BCUT2D eigenvalue weighted by Gasteiger charge is 2.38. The molecule has 1 saturated carbocycles. The number of aromatic nitrogens is 2. The van der Waals surface area contributed by atoms with E-state index in [1.807, 2.05) is 0 Å². The maximum absolute atomic E-state index is 12.6. The summed E-state index contributed by atoms with van der Waals surface area (Å²) in [5.41, 5.74) is 8.00. The smallest absolute Gasteiger partial charge is 0.294 e. The zero-order valence-electron chi connectivity index (χ0n) is 14.6. The van der Waals surface area contributed by atoms with E-state index < -0.39 is 5.91 Å². The van der Waals surface area contributed by atoms with E-state index in [4.69, 9.17) is 5.73 Å². The van der Waals surface area contributed by atoms with Crippen molar-refractivity contribution in [3.05, 3.63) is 28.7 Å². The van der Waals surface area contributed by atoms with Crippen LogP contribution >= 0.6 is 11.8 Å². The van der Waals surface area contributed by atoms with Crippen molar-refractivity contribution >= 4 is 51.2 Å². The molecule has 4 N–H and O–H groups in total. The first kappa shape index (κ1) is 17.6. The number of hydrogen-bond acceptors (Lipinski definition) is 6. The van der Waals surface area contributed by atoms with Crippen LogP contribution in [0.5, 0.6) is 0 Å². The maximum Gasteiger partial charge on any atom is 0.294 e. The summed E-state index contributed by atoms with van der Waals surface area (Å²) in [7, 11) is 0. The van der Waals surface area contributed by atoms with Gasteiger partial charge in [0.1, 0.15) is 6.54 Å². The zero-order valence-corrected chi connectivity index (χ0v) is 15.4. The number of H-pyrrole nitrogens is 1. The third-order valence-electron chi connectivity index (χ3n) is 4.81. The fourth-order valence-electron chi connectivity index (χ4n) is 3.42. The second kappa shape index (κ2) is 7.07. The minimum Gasteiger partial charge on any atom is -0.382 e. The number of nitrogens with two attached hydrogens (primary N) is 1. The number of benzene rings is 1. The lowest BCUT2D eigenvalue weighted by Crippen LogP contribution is -2.36. The maximum atomic E-state index is 12.6. The van der Waals surface area contributed by atoms with E-state index in [1.54, 1.807) is 18.2 Å². The van der Waals surface area contributed by atoms with Gasteiger partial charge in [0.15, 0.2) is 5.82 Å². The summed E-state index contributed by atoms with van der Waals surface area (Å²) < 4.78 is 0. The first-order valence-corrected chi connectivity index (χ1v) is 9.64. The van der Waals surface area contributed by atoms with Crippen molar-refractivity contribution in [1.82, 2.24) is 15.1 Å². The van der Waals surface area contributed by atoms with Gasteiger partial charge in [0.05, 0.1) is 10.4 Å². The largest absolute Gasteiger partial charge is 0.382 e. The molecule has 1 aromatic carbocycles. The number of nitrogen functional groups attached to an aromatic ring is 1. The quantitative estimate of drug-likeness (QED) is 0.698. The number of hydrogen-bond donors (Lipinski definition) is 3. The van der Waals surface area contributed by atoms with Crippen LogP contribution in [-0.2, 0) is 9.59 Å². The molecule has 9 heteroatoms. The number of imide groups is 1. The van der Waals surface area contributed by atoms with E-state index in [0.717, 1.165) is 59.7 Å². The number of nitrogens with zero attached hydrogens (tertiary/aromatic N) is 2. The summed E-state index contributed by atoms with van der Waals surface area (Å²) >= 11 is 0.951. The van der Waals surface area contributed by atoms with Crippen LogP contribution < -0.4 is 11.1 Å². The molecule has 4 rings (SSSR count). The molecule has 2 aliphatic rings. The molecule has 1 aliphatic carbocycles. The van der Waals surface area contributed by atoms with E-state index >= 15 is 0 Å². The molecule has 2 heterocycles. The normalized spacial score (nSPS) is 17.9. The molecule has 0 radical (unpaired) electrons. The summed E-state index contributed by atoms with van der Waals surface area (Å²) in [5, 5.41) is 9.76. The van der Waals surface area contributed by atoms with Crippen molar-refractivity contribution in [2.45, 2.75) is 32.1 Å². The molecule has 3 amide bonds. The molecule has 140 valence electrons. The number of amides is 3. The Kier molecular flexibility index (Phi) is 4.61. The molecule has 0 atom stereocenters. The van der Waals surface area contributed by atoms with Gasteiger partial charge >= 0.3 is 0 Å². The predicted molar refractivity (Wildman–Crippen MR) is 104 cm³/mol. The Labute approximate surface area is 159 Å². The molecule has 1 aliphatic heterocycles. The average molecular weight is 385 g/mol. The van der Waals surface area contributed by atoms with Gasteiger partial charge < -0.3 is 11.1 Å². The van der Waals surface area contributed by atoms with Gasteiger partial charge in [0.2, 0.25) is 5.91 Å². The van der Waals surface area contributed by atoms with Crippen molar-refractivity contribution in [2.75, 3.05) is 17.6 Å². The fourth-order valence-corrected chi connectivity index (χ4v) is 4.40. The molecule has 2 fully saturated rings. The highest BCUT2D eigenvalue weighted by molar-refractivity contribution is 8.18. The molecule has 0 bridgehead atoms. The van der Waals surface area contributed by atoms with Crippen LogP contribution in [0.25, 0.3) is 10.9 Å². The highest BCUT2D eigenvalue weighted by Crippen LogP contribution is 2.38. The number of carbonyl (C=O) groups is 3. The number of nitrogens with one attached hydrogen (secondary N) is 2. The zero-order chi connectivity index (χ0) is 19.0. The molecule has 0 spiro atoms. The van der Waals surface area contributed by atoms with Crippen LogP contribution in [-0.4, -0.2) is 38.7 Å². The van der Waals surface area contributed by atoms with Gasteiger partial charge in [0.25, 0.3) is 11.1 Å². The third-order valence-corrected chi connectivity index (χ3v) is 5.87. The standard InChI is InChI=1S/C18H19N5O3S/c19-16-12-7-6-11(8-13(12)21-22-16)20-14(24)9-23-17(25)15(27-18(23)26)10-4-2-1-3-5-10/h6-8H,1-5,9H2,(H,20,24)(H3,19,21,22). The molecular formula is C18H19N5O3S. The summed E-state index contributed by atoms with van der Waals surface area (Å²) in [6.07, 6.45) is 4.95. The molecule has 1 aromatic heterocycles. The number of allylic oxidation sites excluding steroid dienone is 1. The molecule has 8 nitrogen and oxygen atoms in total. The minimum atomic E-state index is -0.431. The molecule has 27 heavy (non-hydrogen) atoms. The van der Waals surface area contributed by atoms with Gasteiger partial charge in [-0.2, -0.15) is 5.10 Å². The Morgan fingerprint density at radius 1 is 1.26 bits per heavy atom. The topological polar surface area (TPSA) is 121 Å². The highest BCUT2D eigenvalue weighted by atomic mass is 32.2. The van der Waals surface area contributed by atoms with E-state index in [0.29, 0.717) is 21.9 Å². The lowest BCUT2D eigenvalue weighted by molar-refractivity contribution is -0.127. The van der Waals surface area contributed by atoms with Gasteiger partial charge in [-0.1, -0.05) is 12.0 Å². The number of aromatic amines is 1. The van der Waals surface area contributed by atoms with Crippen LogP contribution in [0.15, 0.2) is 28.7 Å². The lowest BCUT2D eigenvalue weighted by Gasteiger charge is -2.16. The van der Waals surface area contributed by atoms with E-state index in [2.05, 4.69) is 15.5 Å². The van der Waals surface area contributed by atoms with E-state index in [-0.39, 0.29) is 17.7 Å². The number of anilines is 2. The van der Waals surface area contributed by atoms with Crippen molar-refractivity contribution in [3.8, 4) is 0 Å². The van der Waals surface area contributed by atoms with Gasteiger partial charge in [-0.3, -0.25) is 24.4 Å². The first-order chi connectivity index (χ1) is 13.0. The van der Waals surface area contributed by atoms with Crippen molar-refractivity contribution < 1.29 is 14.4 Å². The number of thioether (sulfide) groups is 1. The molecular weight excluding hydrogens is 366 g/mol. The first-order valence-electron chi connectivity index (χ1n) is 8.82. The predicted octanol–water partition coefficient (Wildman–Crippen LogP) is 3.00. The molecule has 0 unspecified atom stereocenters. The van der Waals surface area contributed by atoms with Crippen molar-refractivity contribution in [2.24, 2.45) is 0 Å². The lowest BCUT2D eigenvalue weighted by atomic mass is 9.94. The minimum absolute atomic E-state index is 0.301. The number of rotatable bonds is 3. The number of fused-ring (bicyclic) bond motifs is 1. The van der Waals surface area contributed by atoms with E-state index in [9.17, 15) is 14.4 Å². The average Bonchev–Trinajstić information content (AvgIpc) is 3.17. The van der Waals surface area contributed by atoms with E-state index in [1.165, 1.54) is 0 Å².